The lowest BCUT2D eigenvalue weighted by Gasteiger charge is -2.50. The van der Waals surface area contributed by atoms with Crippen molar-refractivity contribution in [1.29, 1.82) is 0 Å². The van der Waals surface area contributed by atoms with Gasteiger partial charge in [-0.25, -0.2) is 9.37 Å². The molecule has 0 saturated carbocycles. The molecule has 354 valence electrons. The molecule has 7 rings (SSSR count). The zero-order chi connectivity index (χ0) is 47.3. The number of nitrogens with one attached hydrogen (secondary N) is 1. The summed E-state index contributed by atoms with van der Waals surface area (Å²) in [5.41, 5.74) is 1.82. The van der Waals surface area contributed by atoms with E-state index >= 15 is 14.0 Å². The normalized spacial score (nSPS) is 22.8. The quantitative estimate of drug-likeness (QED) is 0.164. The Labute approximate surface area is 396 Å². The molecule has 4 amide bonds. The molecule has 3 aromatic carbocycles. The van der Waals surface area contributed by atoms with Gasteiger partial charge in [0.15, 0.2) is 0 Å². The molecule has 1 aromatic heterocycles. The minimum Gasteiger partial charge on any atom is -0.457 e. The Kier molecular flexibility index (Phi) is 15.7. The Hall–Kier alpha value is -5.06. The smallest absolute Gasteiger partial charge is 0.247 e. The minimum absolute atomic E-state index is 0.0289. The third-order valence-corrected chi connectivity index (χ3v) is 13.9. The molecule has 3 aliphatic rings. The number of carbonyl (C=O) groups excluding carboxylic acids is 4. The van der Waals surface area contributed by atoms with E-state index in [0.29, 0.717) is 69.2 Å². The number of likely N-dealkylation sites (N-methyl/N-ethyl adjacent to an activating group) is 1. The molecule has 3 saturated heterocycles. The molecular weight excluding hydrogens is 888 g/mol. The van der Waals surface area contributed by atoms with Gasteiger partial charge >= 0.3 is 0 Å². The fraction of sp³-hybridized carbons (Fsp3) is 0.490. The van der Waals surface area contributed by atoms with Crippen LogP contribution in [0.15, 0.2) is 66.9 Å². The summed E-state index contributed by atoms with van der Waals surface area (Å²) in [4.78, 5) is 70.6. The van der Waals surface area contributed by atoms with Crippen molar-refractivity contribution < 1.29 is 37.8 Å². The van der Waals surface area contributed by atoms with Crippen molar-refractivity contribution in [1.82, 2.24) is 34.5 Å². The van der Waals surface area contributed by atoms with Crippen molar-refractivity contribution >= 4 is 46.8 Å². The van der Waals surface area contributed by atoms with Crippen LogP contribution >= 0.6 is 23.2 Å². The van der Waals surface area contributed by atoms with E-state index in [2.05, 4.69) is 10.3 Å². The summed E-state index contributed by atoms with van der Waals surface area (Å²) in [6.07, 6.45) is 4.28. The Morgan fingerprint density at radius 3 is 2.36 bits per heavy atom. The number of methoxy groups -OCH3 is 1. The first-order valence-corrected chi connectivity index (χ1v) is 23.2. The van der Waals surface area contributed by atoms with Crippen LogP contribution in [0.3, 0.4) is 0 Å². The fourth-order valence-electron chi connectivity index (χ4n) is 9.58. The number of amides is 4. The molecule has 4 atom stereocenters. The Morgan fingerprint density at radius 1 is 0.970 bits per heavy atom. The van der Waals surface area contributed by atoms with Crippen LogP contribution in [0.5, 0.6) is 11.5 Å². The number of imidazole rings is 1. The van der Waals surface area contributed by atoms with Gasteiger partial charge in [-0.05, 0) is 113 Å². The molecule has 1 N–H and O–H groups in total. The number of aromatic nitrogens is 2. The fourth-order valence-corrected chi connectivity index (χ4v) is 9.90. The van der Waals surface area contributed by atoms with E-state index in [4.69, 9.17) is 37.4 Å². The second-order valence-electron chi connectivity index (χ2n) is 18.1. The molecule has 0 unspecified atom stereocenters. The maximum Gasteiger partial charge on any atom is 0.247 e. The largest absolute Gasteiger partial charge is 0.457 e. The number of benzene rings is 3. The summed E-state index contributed by atoms with van der Waals surface area (Å²) < 4.78 is 35.9. The van der Waals surface area contributed by atoms with Gasteiger partial charge in [0.05, 0.1) is 37.1 Å². The number of carbonyl (C=O) groups is 4. The highest BCUT2D eigenvalue weighted by atomic mass is 35.5. The number of ether oxygens (including phenoxy) is 3. The van der Waals surface area contributed by atoms with E-state index < -0.39 is 53.6 Å². The summed E-state index contributed by atoms with van der Waals surface area (Å²) in [6, 6.07) is 14.9. The number of halogens is 3. The third kappa shape index (κ3) is 11.0. The molecule has 4 aromatic rings. The van der Waals surface area contributed by atoms with Crippen molar-refractivity contribution in [2.24, 2.45) is 18.9 Å². The zero-order valence-corrected chi connectivity index (χ0v) is 40.0. The van der Waals surface area contributed by atoms with Gasteiger partial charge in [-0.15, -0.1) is 0 Å². The van der Waals surface area contributed by atoms with E-state index in [-0.39, 0.29) is 47.7 Å². The van der Waals surface area contributed by atoms with Gasteiger partial charge < -0.3 is 43.7 Å². The van der Waals surface area contributed by atoms with Gasteiger partial charge in [0.1, 0.15) is 35.2 Å². The van der Waals surface area contributed by atoms with Crippen LogP contribution in [0.25, 0.3) is 11.3 Å². The number of fused-ring (bicyclic) bond motifs is 2. The van der Waals surface area contributed by atoms with Gasteiger partial charge in [0.25, 0.3) is 0 Å². The van der Waals surface area contributed by atoms with E-state index in [9.17, 15) is 9.59 Å². The second-order valence-corrected chi connectivity index (χ2v) is 19.0. The Balaban J connectivity index is 1.24. The zero-order valence-electron chi connectivity index (χ0n) is 38.5. The van der Waals surface area contributed by atoms with E-state index in [1.807, 2.05) is 61.1 Å². The third-order valence-electron chi connectivity index (χ3n) is 13.4. The lowest BCUT2D eigenvalue weighted by Crippen LogP contribution is -2.66. The maximum absolute atomic E-state index is 16.4. The van der Waals surface area contributed by atoms with Crippen LogP contribution < -0.4 is 10.1 Å². The number of rotatable bonds is 12. The number of nitrogens with zero attached hydrogens (tertiary/aromatic N) is 6. The molecular formula is C49H60Cl2FN7O7. The van der Waals surface area contributed by atoms with E-state index in [0.717, 1.165) is 28.7 Å². The monoisotopic (exact) mass is 947 g/mol. The average molecular weight is 949 g/mol. The lowest BCUT2D eigenvalue weighted by atomic mass is 9.78. The number of hydrogen-bond acceptors (Lipinski definition) is 9. The number of hydrogen-bond donors (Lipinski definition) is 1. The predicted octanol–water partition coefficient (Wildman–Crippen LogP) is 6.74. The molecule has 0 spiro atoms. The second kappa shape index (κ2) is 21.3. The Bertz CT molecular complexity index is 2380. The van der Waals surface area contributed by atoms with Gasteiger partial charge in [0.2, 0.25) is 23.6 Å². The van der Waals surface area contributed by atoms with Gasteiger partial charge in [-0.2, -0.15) is 0 Å². The number of piperidine rings is 1. The minimum atomic E-state index is -1.25. The van der Waals surface area contributed by atoms with Crippen molar-refractivity contribution in [3.63, 3.8) is 0 Å². The molecule has 17 heteroatoms. The first kappa shape index (κ1) is 48.9. The molecule has 3 aliphatic heterocycles. The topological polar surface area (TPSA) is 139 Å². The van der Waals surface area contributed by atoms with E-state index in [1.54, 1.807) is 41.1 Å². The molecule has 3 fully saturated rings. The van der Waals surface area contributed by atoms with Gasteiger partial charge in [-0.3, -0.25) is 19.2 Å². The Morgan fingerprint density at radius 2 is 1.68 bits per heavy atom. The molecule has 0 aliphatic carbocycles. The van der Waals surface area contributed by atoms with Crippen LogP contribution in [0.1, 0.15) is 56.0 Å². The van der Waals surface area contributed by atoms with Crippen LogP contribution in [-0.4, -0.2) is 132 Å². The first-order valence-electron chi connectivity index (χ1n) is 22.5. The SMILES string of the molecule is COC[C@@H]1NC(=O)[C@H](C)N(Cc2c(F)cc(Cl)cc2Oc2ccc(-c3cnc(CN(C)C)n3C)cc2)C(=O)C[C@@H](C2CCOCC2)C(=O)N2CCC[C@@](Cc3ccc(Cl)cc3)(C2)N(C)C1=O. The van der Waals surface area contributed by atoms with Crippen molar-refractivity contribution in [2.75, 3.05) is 61.2 Å². The summed E-state index contributed by atoms with van der Waals surface area (Å²) in [7, 11) is 9.05. The summed E-state index contributed by atoms with van der Waals surface area (Å²) in [5.74, 6) is -2.24. The van der Waals surface area contributed by atoms with Crippen LogP contribution in [-0.2, 0) is 55.2 Å². The lowest BCUT2D eigenvalue weighted by molar-refractivity contribution is -0.154. The molecule has 4 heterocycles. The highest BCUT2D eigenvalue weighted by Gasteiger charge is 2.47. The van der Waals surface area contributed by atoms with Crippen LogP contribution in [0.4, 0.5) is 4.39 Å². The van der Waals surface area contributed by atoms with Crippen molar-refractivity contribution in [3.8, 4) is 22.8 Å². The molecule has 2 bridgehead atoms. The summed E-state index contributed by atoms with van der Waals surface area (Å²) in [6.45, 7) is 3.12. The van der Waals surface area contributed by atoms with Gasteiger partial charge in [-0.1, -0.05) is 35.3 Å². The van der Waals surface area contributed by atoms with Crippen LogP contribution in [0, 0.1) is 17.7 Å². The van der Waals surface area contributed by atoms with Crippen molar-refractivity contribution in [2.45, 2.75) is 76.2 Å². The van der Waals surface area contributed by atoms with Gasteiger partial charge in [0, 0.05) is 81.0 Å². The average Bonchev–Trinajstić information content (AvgIpc) is 3.65. The first-order chi connectivity index (χ1) is 31.6. The molecule has 14 nitrogen and oxygen atoms in total. The van der Waals surface area contributed by atoms with Crippen molar-refractivity contribution in [3.05, 3.63) is 99.7 Å². The maximum atomic E-state index is 16.4. The van der Waals surface area contributed by atoms with Crippen LogP contribution in [0.2, 0.25) is 10.0 Å². The molecule has 0 radical (unpaired) electrons. The molecule has 66 heavy (non-hydrogen) atoms. The summed E-state index contributed by atoms with van der Waals surface area (Å²) in [5, 5.41) is 3.52. The highest BCUT2D eigenvalue weighted by molar-refractivity contribution is 6.31. The predicted molar refractivity (Wildman–Crippen MR) is 249 cm³/mol. The highest BCUT2D eigenvalue weighted by Crippen LogP contribution is 2.38. The van der Waals surface area contributed by atoms with E-state index in [1.165, 1.54) is 25.0 Å². The standard InChI is InChI=1S/C49H60Cl2FN7O7/c1-31-46(61)54-41(29-64-6)48(63)57(5)49(25-32-8-12-35(50)13-9-32)18-7-19-58(30-49)47(62)38(33-16-20-65-21-17-33)24-45(60)59(31)27-39-40(52)22-36(51)23-43(39)66-37-14-10-34(11-15-37)42-26-53-44(56(42)4)28-55(2)3/h8-15,22-23,26,31,33,38,41H,7,16-21,24-25,27-30H2,1-6H3,(H,54,61)/t31-,38-,41-,49+/m0/s1. The summed E-state index contributed by atoms with van der Waals surface area (Å²) >= 11 is 12.7.